The topological polar surface area (TPSA) is 102 Å². The van der Waals surface area contributed by atoms with E-state index < -0.39 is 27.0 Å². The molecule has 1 aromatic rings. The molecule has 0 amide bonds. The van der Waals surface area contributed by atoms with Crippen LogP contribution in [0.25, 0.3) is 0 Å². The Balaban J connectivity index is 1.92. The average molecular weight is 367 g/mol. The summed E-state index contributed by atoms with van der Waals surface area (Å²) in [7, 11) is -3.92. The number of sulfonamides is 1. The largest absolute Gasteiger partial charge is 0.478 e. The number of ether oxygens (including phenoxy) is 2. The zero-order valence-corrected chi connectivity index (χ0v) is 14.7. The summed E-state index contributed by atoms with van der Waals surface area (Å²) < 4.78 is 39.2. The van der Waals surface area contributed by atoms with Crippen LogP contribution in [0.2, 0.25) is 0 Å². The first-order valence-electron chi connectivity index (χ1n) is 8.20. The Morgan fingerprint density at radius 1 is 1.32 bits per heavy atom. The van der Waals surface area contributed by atoms with Gasteiger partial charge in [-0.05, 0) is 30.5 Å². The smallest absolute Gasteiger partial charge is 0.332 e. The molecule has 7 nitrogen and oxygen atoms in total. The number of carboxylic acids is 1. The third-order valence-corrected chi connectivity index (χ3v) is 6.27. The third-order valence-electron chi connectivity index (χ3n) is 4.53. The van der Waals surface area contributed by atoms with E-state index in [0.717, 1.165) is 5.56 Å². The van der Waals surface area contributed by atoms with Crippen molar-refractivity contribution < 1.29 is 27.8 Å². The maximum Gasteiger partial charge on any atom is 0.332 e. The lowest BCUT2D eigenvalue weighted by Gasteiger charge is -2.32. The van der Waals surface area contributed by atoms with Gasteiger partial charge >= 0.3 is 5.97 Å². The van der Waals surface area contributed by atoms with Crippen LogP contribution < -0.4 is 4.72 Å². The summed E-state index contributed by atoms with van der Waals surface area (Å²) in [5.74, 6) is -2.39. The SMILES string of the molecule is CCc1ccccc1NS(=O)(=O)C1CCC2(C=C1C(=O)O)OCCO2. The Kier molecular flexibility index (Phi) is 4.86. The fourth-order valence-corrected chi connectivity index (χ4v) is 4.84. The van der Waals surface area contributed by atoms with Gasteiger partial charge in [0, 0.05) is 6.42 Å². The maximum atomic E-state index is 12.8. The highest BCUT2D eigenvalue weighted by Gasteiger charge is 2.45. The molecule has 1 heterocycles. The number of para-hydroxylation sites is 1. The number of aryl methyl sites for hydroxylation is 1. The van der Waals surface area contributed by atoms with Crippen LogP contribution in [0.3, 0.4) is 0 Å². The maximum absolute atomic E-state index is 12.8. The van der Waals surface area contributed by atoms with Crippen molar-refractivity contribution in [2.75, 3.05) is 17.9 Å². The van der Waals surface area contributed by atoms with Crippen LogP contribution in [-0.2, 0) is 30.7 Å². The van der Waals surface area contributed by atoms with Gasteiger partial charge in [-0.1, -0.05) is 25.1 Å². The molecule has 0 saturated carbocycles. The van der Waals surface area contributed by atoms with E-state index in [0.29, 0.717) is 31.7 Å². The number of hydrogen-bond donors (Lipinski definition) is 2. The minimum atomic E-state index is -3.92. The third kappa shape index (κ3) is 3.56. The van der Waals surface area contributed by atoms with Crippen molar-refractivity contribution in [2.24, 2.45) is 0 Å². The summed E-state index contributed by atoms with van der Waals surface area (Å²) >= 11 is 0. The van der Waals surface area contributed by atoms with E-state index in [1.807, 2.05) is 19.1 Å². The van der Waals surface area contributed by atoms with Crippen molar-refractivity contribution in [2.45, 2.75) is 37.2 Å². The van der Waals surface area contributed by atoms with E-state index >= 15 is 0 Å². The first-order valence-corrected chi connectivity index (χ1v) is 9.75. The van der Waals surface area contributed by atoms with Crippen LogP contribution in [0.4, 0.5) is 5.69 Å². The predicted octanol–water partition coefficient (Wildman–Crippen LogP) is 1.91. The molecule has 0 aromatic heterocycles. The molecule has 1 spiro atoms. The Morgan fingerprint density at radius 2 is 2.00 bits per heavy atom. The van der Waals surface area contributed by atoms with Crippen LogP contribution in [0.5, 0.6) is 0 Å². The normalized spacial score (nSPS) is 22.6. The quantitative estimate of drug-likeness (QED) is 0.824. The molecule has 1 saturated heterocycles. The van der Waals surface area contributed by atoms with Gasteiger partial charge in [0.25, 0.3) is 0 Å². The molecule has 1 aliphatic heterocycles. The molecule has 3 rings (SSSR count). The van der Waals surface area contributed by atoms with Crippen molar-refractivity contribution in [1.29, 1.82) is 0 Å². The molecule has 25 heavy (non-hydrogen) atoms. The number of carboxylic acid groups (broad SMARTS) is 1. The first kappa shape index (κ1) is 17.9. The summed E-state index contributed by atoms with van der Waals surface area (Å²) in [6, 6.07) is 7.08. The van der Waals surface area contributed by atoms with Crippen LogP contribution in [-0.4, -0.2) is 43.7 Å². The second-order valence-electron chi connectivity index (χ2n) is 6.10. The van der Waals surface area contributed by atoms with Gasteiger partial charge in [-0.2, -0.15) is 0 Å². The molecule has 1 aromatic carbocycles. The lowest BCUT2D eigenvalue weighted by atomic mass is 9.94. The second-order valence-corrected chi connectivity index (χ2v) is 7.96. The van der Waals surface area contributed by atoms with Crippen molar-refractivity contribution in [3.63, 3.8) is 0 Å². The van der Waals surface area contributed by atoms with E-state index in [2.05, 4.69) is 4.72 Å². The first-order chi connectivity index (χ1) is 11.9. The standard InChI is InChI=1S/C17H21NO6S/c1-2-12-5-3-4-6-14(12)18-25(21,22)15-7-8-17(23-9-10-24-17)11-13(15)16(19)20/h3-6,11,15,18H,2,7-10H2,1H3,(H,19,20). The molecule has 1 atom stereocenters. The second kappa shape index (κ2) is 6.78. The zero-order chi connectivity index (χ0) is 18.1. The van der Waals surface area contributed by atoms with E-state index in [1.54, 1.807) is 12.1 Å². The van der Waals surface area contributed by atoms with Gasteiger partial charge in [0.05, 0.1) is 24.5 Å². The van der Waals surface area contributed by atoms with Gasteiger partial charge in [-0.25, -0.2) is 13.2 Å². The van der Waals surface area contributed by atoms with Crippen molar-refractivity contribution in [3.8, 4) is 0 Å². The summed E-state index contributed by atoms with van der Waals surface area (Å²) in [4.78, 5) is 11.7. The molecule has 1 aliphatic carbocycles. The molecule has 1 fully saturated rings. The molecule has 0 radical (unpaired) electrons. The van der Waals surface area contributed by atoms with Gasteiger partial charge in [0.1, 0.15) is 5.25 Å². The number of carbonyl (C=O) groups is 1. The molecule has 2 aliphatic rings. The fraction of sp³-hybridized carbons (Fsp3) is 0.471. The van der Waals surface area contributed by atoms with E-state index in [9.17, 15) is 18.3 Å². The van der Waals surface area contributed by atoms with Gasteiger partial charge in [0.15, 0.2) is 5.79 Å². The molecule has 8 heteroatoms. The van der Waals surface area contributed by atoms with E-state index in [1.165, 1.54) is 6.08 Å². The van der Waals surface area contributed by atoms with Crippen molar-refractivity contribution >= 4 is 21.7 Å². The van der Waals surface area contributed by atoms with Crippen LogP contribution in [0.15, 0.2) is 35.9 Å². The lowest BCUT2D eigenvalue weighted by molar-refractivity contribution is -0.138. The number of nitrogens with one attached hydrogen (secondary N) is 1. The number of rotatable bonds is 5. The Hall–Kier alpha value is -1.90. The van der Waals surface area contributed by atoms with E-state index in [4.69, 9.17) is 9.47 Å². The van der Waals surface area contributed by atoms with Gasteiger partial charge < -0.3 is 14.6 Å². The van der Waals surface area contributed by atoms with E-state index in [-0.39, 0.29) is 12.0 Å². The highest BCUT2D eigenvalue weighted by Crippen LogP contribution is 2.37. The number of anilines is 1. The summed E-state index contributed by atoms with van der Waals surface area (Å²) in [6.07, 6.45) is 2.38. The minimum absolute atomic E-state index is 0.113. The minimum Gasteiger partial charge on any atom is -0.478 e. The van der Waals surface area contributed by atoms with Gasteiger partial charge in [-0.3, -0.25) is 4.72 Å². The molecule has 1 unspecified atom stereocenters. The summed E-state index contributed by atoms with van der Waals surface area (Å²) in [6.45, 7) is 2.65. The van der Waals surface area contributed by atoms with Crippen molar-refractivity contribution in [1.82, 2.24) is 0 Å². The van der Waals surface area contributed by atoms with Crippen LogP contribution in [0.1, 0.15) is 25.3 Å². The highest BCUT2D eigenvalue weighted by atomic mass is 32.2. The van der Waals surface area contributed by atoms with Gasteiger partial charge in [-0.15, -0.1) is 0 Å². The Bertz CT molecular complexity index is 795. The number of hydrogen-bond acceptors (Lipinski definition) is 5. The monoisotopic (exact) mass is 367 g/mol. The van der Waals surface area contributed by atoms with Gasteiger partial charge in [0.2, 0.25) is 10.0 Å². The summed E-state index contributed by atoms with van der Waals surface area (Å²) in [5, 5.41) is 8.35. The molecule has 136 valence electrons. The Labute approximate surface area is 146 Å². The molecule has 0 bridgehead atoms. The lowest BCUT2D eigenvalue weighted by Crippen LogP contribution is -2.41. The predicted molar refractivity (Wildman–Crippen MR) is 91.7 cm³/mol. The summed E-state index contributed by atoms with van der Waals surface area (Å²) in [5.41, 5.74) is 1.11. The number of benzene rings is 1. The van der Waals surface area contributed by atoms with Crippen molar-refractivity contribution in [3.05, 3.63) is 41.5 Å². The Morgan fingerprint density at radius 3 is 2.64 bits per heavy atom. The number of aliphatic carboxylic acids is 1. The average Bonchev–Trinajstić information content (AvgIpc) is 3.02. The molecular formula is C17H21NO6S. The molecular weight excluding hydrogens is 346 g/mol. The van der Waals surface area contributed by atoms with Crippen LogP contribution >= 0.6 is 0 Å². The fourth-order valence-electron chi connectivity index (χ4n) is 3.26. The molecule has 2 N–H and O–H groups in total. The highest BCUT2D eigenvalue weighted by molar-refractivity contribution is 7.93. The zero-order valence-electron chi connectivity index (χ0n) is 13.9. The van der Waals surface area contributed by atoms with Crippen LogP contribution in [0, 0.1) is 0 Å².